The summed E-state index contributed by atoms with van der Waals surface area (Å²) in [7, 11) is 0. The van der Waals surface area contributed by atoms with Crippen molar-refractivity contribution in [2.45, 2.75) is 70.3 Å². The zero-order valence-corrected chi connectivity index (χ0v) is 14.0. The minimum absolute atomic E-state index is 0.306. The topological polar surface area (TPSA) is 46.2 Å². The lowest BCUT2D eigenvalue weighted by Gasteiger charge is -2.23. The quantitative estimate of drug-likeness (QED) is 0.569. The van der Waals surface area contributed by atoms with Gasteiger partial charge in [0.1, 0.15) is 6.67 Å². The minimum Gasteiger partial charge on any atom is -0.394 e. The van der Waals surface area contributed by atoms with Crippen LogP contribution in [-0.4, -0.2) is 23.9 Å². The number of nitrogens with two attached hydrogens (primary N) is 1. The van der Waals surface area contributed by atoms with Crippen LogP contribution in [0, 0.1) is 0 Å². The molecule has 0 aromatic heterocycles. The number of halogens is 1. The van der Waals surface area contributed by atoms with Crippen molar-refractivity contribution in [1.29, 1.82) is 0 Å². The van der Waals surface area contributed by atoms with E-state index in [1.807, 2.05) is 0 Å². The van der Waals surface area contributed by atoms with E-state index in [1.54, 1.807) is 0 Å². The fourth-order valence-electron chi connectivity index (χ4n) is 2.56. The molecule has 0 fully saturated rings. The van der Waals surface area contributed by atoms with E-state index in [9.17, 15) is 4.39 Å². The van der Waals surface area contributed by atoms with Gasteiger partial charge in [0.25, 0.3) is 0 Å². The van der Waals surface area contributed by atoms with Crippen molar-refractivity contribution >= 4 is 0 Å². The number of hydrogen-bond donors (Lipinski definition) is 2. The maximum atomic E-state index is 12.8. The van der Waals surface area contributed by atoms with Crippen molar-refractivity contribution in [3.05, 3.63) is 35.4 Å². The number of hydrogen-bond acceptors (Lipinski definition) is 2. The fourth-order valence-corrected chi connectivity index (χ4v) is 2.56. The van der Waals surface area contributed by atoms with Crippen LogP contribution in [0.5, 0.6) is 0 Å². The Morgan fingerprint density at radius 1 is 0.955 bits per heavy atom. The second-order valence-corrected chi connectivity index (χ2v) is 6.49. The first-order valence-corrected chi connectivity index (χ1v) is 8.67. The van der Waals surface area contributed by atoms with E-state index in [4.69, 9.17) is 10.8 Å². The van der Waals surface area contributed by atoms with Crippen LogP contribution < -0.4 is 5.73 Å². The summed E-state index contributed by atoms with van der Waals surface area (Å²) in [5.41, 5.74) is 7.20. The highest BCUT2D eigenvalue weighted by molar-refractivity contribution is 5.23. The van der Waals surface area contributed by atoms with E-state index in [2.05, 4.69) is 31.2 Å². The van der Waals surface area contributed by atoms with E-state index < -0.39 is 12.2 Å². The molecular weight excluding hydrogens is 276 g/mol. The van der Waals surface area contributed by atoms with Gasteiger partial charge in [-0.25, -0.2) is 4.39 Å². The van der Waals surface area contributed by atoms with Crippen LogP contribution in [0.1, 0.15) is 63.0 Å². The van der Waals surface area contributed by atoms with Crippen LogP contribution in [0.3, 0.4) is 0 Å². The Morgan fingerprint density at radius 3 is 2.05 bits per heavy atom. The Labute approximate surface area is 134 Å². The molecule has 1 atom stereocenters. The van der Waals surface area contributed by atoms with Gasteiger partial charge in [-0.1, -0.05) is 63.3 Å². The molecule has 0 saturated heterocycles. The van der Waals surface area contributed by atoms with Gasteiger partial charge in [-0.2, -0.15) is 0 Å². The normalized spacial score (nSPS) is 14.0. The van der Waals surface area contributed by atoms with Gasteiger partial charge in [-0.3, -0.25) is 0 Å². The molecule has 0 aliphatic heterocycles. The van der Waals surface area contributed by atoms with Crippen LogP contribution >= 0.6 is 0 Å². The molecular formula is C19H32FNO. The van der Waals surface area contributed by atoms with Gasteiger partial charge < -0.3 is 10.8 Å². The van der Waals surface area contributed by atoms with Gasteiger partial charge in [0.15, 0.2) is 0 Å². The van der Waals surface area contributed by atoms with Gasteiger partial charge >= 0.3 is 0 Å². The molecule has 1 aromatic carbocycles. The van der Waals surface area contributed by atoms with E-state index in [0.717, 1.165) is 12.0 Å². The summed E-state index contributed by atoms with van der Waals surface area (Å²) in [6.45, 7) is 1.25. The predicted molar refractivity (Wildman–Crippen MR) is 91.8 cm³/mol. The van der Waals surface area contributed by atoms with Crippen molar-refractivity contribution in [1.82, 2.24) is 0 Å². The lowest BCUT2D eigenvalue weighted by Crippen LogP contribution is -2.46. The number of alkyl halides is 1. The van der Waals surface area contributed by atoms with Crippen LogP contribution in [0.2, 0.25) is 0 Å². The Morgan fingerprint density at radius 2 is 1.50 bits per heavy atom. The lowest BCUT2D eigenvalue weighted by atomic mass is 9.93. The average Bonchev–Trinajstić information content (AvgIpc) is 2.57. The second-order valence-electron chi connectivity index (χ2n) is 6.49. The number of aliphatic hydroxyl groups excluding tert-OH is 1. The average molecular weight is 308 g/mol. The highest BCUT2D eigenvalue weighted by Crippen LogP contribution is 2.15. The Hall–Kier alpha value is -0.930. The maximum absolute atomic E-state index is 12.8. The van der Waals surface area contributed by atoms with Gasteiger partial charge in [0, 0.05) is 0 Å². The van der Waals surface area contributed by atoms with E-state index in [1.165, 1.54) is 44.1 Å². The van der Waals surface area contributed by atoms with Gasteiger partial charge in [-0.05, 0) is 36.8 Å². The molecule has 1 aromatic rings. The molecule has 2 nitrogen and oxygen atoms in total. The molecule has 0 radical (unpaired) electrons. The summed E-state index contributed by atoms with van der Waals surface area (Å²) in [5, 5.41) is 9.12. The van der Waals surface area contributed by atoms with Gasteiger partial charge in [0.05, 0.1) is 12.1 Å². The molecule has 3 N–H and O–H groups in total. The van der Waals surface area contributed by atoms with Crippen molar-refractivity contribution in [2.75, 3.05) is 13.3 Å². The monoisotopic (exact) mass is 308 g/mol. The molecule has 0 bridgehead atoms. The van der Waals surface area contributed by atoms with Crippen LogP contribution in [-0.2, 0) is 12.8 Å². The molecule has 0 aliphatic rings. The summed E-state index contributed by atoms with van der Waals surface area (Å²) >= 11 is 0. The fraction of sp³-hybridized carbons (Fsp3) is 0.684. The first-order valence-electron chi connectivity index (χ1n) is 8.67. The molecule has 0 amide bonds. The van der Waals surface area contributed by atoms with Crippen LogP contribution in [0.15, 0.2) is 24.3 Å². The van der Waals surface area contributed by atoms with Crippen LogP contribution in [0.4, 0.5) is 4.39 Å². The van der Waals surface area contributed by atoms with E-state index >= 15 is 0 Å². The number of unbranched alkanes of at least 4 members (excludes halogenated alkanes) is 5. The summed E-state index contributed by atoms with van der Waals surface area (Å²) in [5.74, 6) is 0. The Bertz CT molecular complexity index is 387. The highest BCUT2D eigenvalue weighted by atomic mass is 18.2. The molecule has 0 saturated carbocycles. The molecule has 1 rings (SSSR count). The summed E-state index contributed by atoms with van der Waals surface area (Å²) in [6, 6.07) is 8.52. The van der Waals surface area contributed by atoms with Crippen molar-refractivity contribution in [3.63, 3.8) is 0 Å². The third-order valence-corrected chi connectivity index (χ3v) is 4.33. The largest absolute Gasteiger partial charge is 0.394 e. The second kappa shape index (κ2) is 10.7. The zero-order chi connectivity index (χ0) is 16.3. The lowest BCUT2D eigenvalue weighted by molar-refractivity contribution is 0.157. The van der Waals surface area contributed by atoms with E-state index in [-0.39, 0.29) is 6.61 Å². The highest BCUT2D eigenvalue weighted by Gasteiger charge is 2.23. The first kappa shape index (κ1) is 19.1. The van der Waals surface area contributed by atoms with Crippen molar-refractivity contribution in [2.24, 2.45) is 5.73 Å². The number of benzene rings is 1. The standard InChI is InChI=1S/C19H32FNO/c1-2-3-4-5-6-7-8-17-9-11-18(12-10-17)13-14-19(21,15-20)16-22/h9-12,22H,2-8,13-16,21H2,1H3/t19-/m1/s1/i20-1. The summed E-state index contributed by atoms with van der Waals surface area (Å²) < 4.78 is 12.8. The molecule has 126 valence electrons. The Kier molecular flexibility index (Phi) is 9.33. The minimum atomic E-state index is -1.09. The maximum Gasteiger partial charge on any atom is 0.110 e. The van der Waals surface area contributed by atoms with Crippen molar-refractivity contribution in [3.8, 4) is 0 Å². The predicted octanol–water partition coefficient (Wildman–Crippen LogP) is 4.18. The van der Waals surface area contributed by atoms with Gasteiger partial charge in [-0.15, -0.1) is 0 Å². The molecule has 22 heavy (non-hydrogen) atoms. The number of rotatable bonds is 12. The molecule has 0 aliphatic carbocycles. The smallest absolute Gasteiger partial charge is 0.110 e. The molecule has 3 heteroatoms. The van der Waals surface area contributed by atoms with Gasteiger partial charge in [0.2, 0.25) is 0 Å². The number of aliphatic hydroxyl groups is 1. The molecule has 0 spiro atoms. The third kappa shape index (κ3) is 7.37. The van der Waals surface area contributed by atoms with E-state index in [0.29, 0.717) is 12.8 Å². The van der Waals surface area contributed by atoms with Crippen LogP contribution in [0.25, 0.3) is 0 Å². The third-order valence-electron chi connectivity index (χ3n) is 4.33. The Balaban J connectivity index is 2.28. The van der Waals surface area contributed by atoms with Crippen molar-refractivity contribution < 1.29 is 9.50 Å². The summed E-state index contributed by atoms with van der Waals surface area (Å²) in [6.07, 6.45) is 10.2. The number of aryl methyl sites for hydroxylation is 2. The molecule has 0 unspecified atom stereocenters. The SMILES string of the molecule is CCCCCCCCc1ccc(CC[C@](N)(CO)C[18F])cc1. The first-order chi connectivity index (χ1) is 10.6. The molecule has 0 heterocycles. The summed E-state index contributed by atoms with van der Waals surface area (Å²) in [4.78, 5) is 0. The zero-order valence-electron chi connectivity index (χ0n) is 14.0.